The van der Waals surface area contributed by atoms with Gasteiger partial charge in [0.1, 0.15) is 6.04 Å². The lowest BCUT2D eigenvalue weighted by Gasteiger charge is -2.26. The van der Waals surface area contributed by atoms with E-state index in [-0.39, 0.29) is 0 Å². The summed E-state index contributed by atoms with van der Waals surface area (Å²) in [5.74, 6) is -0.404. The molecule has 1 aromatic carbocycles. The van der Waals surface area contributed by atoms with Crippen LogP contribution in [-0.4, -0.2) is 29.1 Å². The SMILES string of the molecule is CC(C)CC(C(=O)O)N(C)Cc1ccc(Cl)cc1. The number of aliphatic carboxylic acids is 1. The normalized spacial score (nSPS) is 13.0. The van der Waals surface area contributed by atoms with Crippen molar-refractivity contribution in [3.63, 3.8) is 0 Å². The molecule has 0 aliphatic rings. The third-order valence-corrected chi connectivity index (χ3v) is 3.11. The Morgan fingerprint density at radius 3 is 2.33 bits per heavy atom. The first-order valence-corrected chi connectivity index (χ1v) is 6.45. The van der Waals surface area contributed by atoms with Crippen molar-refractivity contribution in [3.05, 3.63) is 34.9 Å². The maximum absolute atomic E-state index is 11.3. The van der Waals surface area contributed by atoms with Gasteiger partial charge in [-0.1, -0.05) is 37.6 Å². The minimum Gasteiger partial charge on any atom is -0.480 e. The lowest BCUT2D eigenvalue weighted by molar-refractivity contribution is -0.143. The zero-order chi connectivity index (χ0) is 13.7. The van der Waals surface area contributed by atoms with Crippen LogP contribution >= 0.6 is 11.6 Å². The fourth-order valence-electron chi connectivity index (χ4n) is 1.90. The van der Waals surface area contributed by atoms with Gasteiger partial charge >= 0.3 is 5.97 Å². The number of hydrogen-bond acceptors (Lipinski definition) is 2. The summed E-state index contributed by atoms with van der Waals surface area (Å²) in [5.41, 5.74) is 1.07. The quantitative estimate of drug-likeness (QED) is 0.862. The van der Waals surface area contributed by atoms with Gasteiger partial charge in [0.15, 0.2) is 0 Å². The molecule has 100 valence electrons. The third-order valence-electron chi connectivity index (χ3n) is 2.86. The second-order valence-electron chi connectivity index (χ2n) is 5.03. The fraction of sp³-hybridized carbons (Fsp3) is 0.500. The van der Waals surface area contributed by atoms with Crippen LogP contribution in [0.3, 0.4) is 0 Å². The Morgan fingerprint density at radius 1 is 1.33 bits per heavy atom. The molecule has 1 atom stereocenters. The number of rotatable bonds is 6. The van der Waals surface area contributed by atoms with Crippen LogP contribution in [0.4, 0.5) is 0 Å². The van der Waals surface area contributed by atoms with E-state index in [1.165, 1.54) is 0 Å². The number of halogens is 1. The highest BCUT2D eigenvalue weighted by Gasteiger charge is 2.23. The molecule has 1 rings (SSSR count). The second kappa shape index (κ2) is 6.76. The fourth-order valence-corrected chi connectivity index (χ4v) is 2.03. The maximum atomic E-state index is 11.3. The summed E-state index contributed by atoms with van der Waals surface area (Å²) in [5, 5.41) is 9.94. The molecule has 3 nitrogen and oxygen atoms in total. The van der Waals surface area contributed by atoms with Gasteiger partial charge in [0.25, 0.3) is 0 Å². The maximum Gasteiger partial charge on any atom is 0.320 e. The molecule has 0 heterocycles. The number of carboxylic acid groups (broad SMARTS) is 1. The summed E-state index contributed by atoms with van der Waals surface area (Å²) >= 11 is 5.82. The Morgan fingerprint density at radius 2 is 1.89 bits per heavy atom. The van der Waals surface area contributed by atoms with Crippen molar-refractivity contribution in [2.75, 3.05) is 7.05 Å². The van der Waals surface area contributed by atoms with Crippen molar-refractivity contribution in [2.24, 2.45) is 5.92 Å². The van der Waals surface area contributed by atoms with Crippen LogP contribution in [0.2, 0.25) is 5.02 Å². The Balaban J connectivity index is 2.69. The first-order valence-electron chi connectivity index (χ1n) is 6.07. The van der Waals surface area contributed by atoms with Crippen molar-refractivity contribution < 1.29 is 9.90 Å². The number of benzene rings is 1. The molecule has 0 fully saturated rings. The Hall–Kier alpha value is -1.06. The van der Waals surface area contributed by atoms with E-state index in [1.54, 1.807) is 0 Å². The molecule has 0 aliphatic heterocycles. The van der Waals surface area contributed by atoms with Crippen molar-refractivity contribution >= 4 is 17.6 Å². The zero-order valence-corrected chi connectivity index (χ0v) is 11.8. The Labute approximate surface area is 113 Å². The molecular weight excluding hydrogens is 250 g/mol. The average Bonchev–Trinajstić information content (AvgIpc) is 2.28. The highest BCUT2D eigenvalue weighted by molar-refractivity contribution is 6.30. The number of likely N-dealkylation sites (N-methyl/N-ethyl adjacent to an activating group) is 1. The number of nitrogens with zero attached hydrogens (tertiary/aromatic N) is 1. The Bertz CT molecular complexity index is 389. The van der Waals surface area contributed by atoms with E-state index in [4.69, 9.17) is 11.6 Å². The standard InChI is InChI=1S/C14H20ClNO2/c1-10(2)8-13(14(17)18)16(3)9-11-4-6-12(15)7-5-11/h4-7,10,13H,8-9H2,1-3H3,(H,17,18). The first-order chi connectivity index (χ1) is 8.40. The van der Waals surface area contributed by atoms with Crippen molar-refractivity contribution in [1.29, 1.82) is 0 Å². The molecule has 0 bridgehead atoms. The van der Waals surface area contributed by atoms with Crippen LogP contribution in [0.5, 0.6) is 0 Å². The van der Waals surface area contributed by atoms with Gasteiger partial charge in [-0.2, -0.15) is 0 Å². The molecular formula is C14H20ClNO2. The average molecular weight is 270 g/mol. The molecule has 1 unspecified atom stereocenters. The monoisotopic (exact) mass is 269 g/mol. The van der Waals surface area contributed by atoms with Crippen LogP contribution in [-0.2, 0) is 11.3 Å². The topological polar surface area (TPSA) is 40.5 Å². The Kier molecular flexibility index (Phi) is 5.63. The van der Waals surface area contributed by atoms with Crippen molar-refractivity contribution in [3.8, 4) is 0 Å². The summed E-state index contributed by atoms with van der Waals surface area (Å²) in [6.45, 7) is 4.68. The van der Waals surface area contributed by atoms with E-state index in [9.17, 15) is 9.90 Å². The summed E-state index contributed by atoms with van der Waals surface area (Å²) in [6, 6.07) is 7.05. The molecule has 0 amide bonds. The number of carbonyl (C=O) groups is 1. The minimum atomic E-state index is -0.764. The van der Waals surface area contributed by atoms with E-state index >= 15 is 0 Å². The second-order valence-corrected chi connectivity index (χ2v) is 5.46. The summed E-state index contributed by atoms with van der Waals surface area (Å²) < 4.78 is 0. The van der Waals surface area contributed by atoms with Crippen LogP contribution in [0.15, 0.2) is 24.3 Å². The van der Waals surface area contributed by atoms with Crippen LogP contribution < -0.4 is 0 Å². The van der Waals surface area contributed by atoms with Gasteiger partial charge in [-0.15, -0.1) is 0 Å². The van der Waals surface area contributed by atoms with Crippen LogP contribution in [0.1, 0.15) is 25.8 Å². The third kappa shape index (κ3) is 4.67. The zero-order valence-electron chi connectivity index (χ0n) is 11.1. The summed E-state index contributed by atoms with van der Waals surface area (Å²) in [7, 11) is 1.84. The van der Waals surface area contributed by atoms with E-state index < -0.39 is 12.0 Å². The molecule has 1 aromatic rings. The van der Waals surface area contributed by atoms with Crippen molar-refractivity contribution in [1.82, 2.24) is 4.90 Å². The predicted octanol–water partition coefficient (Wildman–Crippen LogP) is 3.27. The molecule has 1 N–H and O–H groups in total. The predicted molar refractivity (Wildman–Crippen MR) is 73.8 cm³/mol. The molecule has 0 saturated heterocycles. The highest BCUT2D eigenvalue weighted by atomic mass is 35.5. The number of carboxylic acids is 1. The largest absolute Gasteiger partial charge is 0.480 e. The van der Waals surface area contributed by atoms with E-state index in [1.807, 2.05) is 50.1 Å². The van der Waals surface area contributed by atoms with E-state index in [2.05, 4.69) is 0 Å². The molecule has 0 radical (unpaired) electrons. The molecule has 0 spiro atoms. The van der Waals surface area contributed by atoms with Gasteiger partial charge in [-0.3, -0.25) is 9.69 Å². The molecule has 4 heteroatoms. The molecule has 0 saturated carbocycles. The van der Waals surface area contributed by atoms with Gasteiger partial charge in [-0.25, -0.2) is 0 Å². The smallest absolute Gasteiger partial charge is 0.320 e. The highest BCUT2D eigenvalue weighted by Crippen LogP contribution is 2.15. The van der Waals surface area contributed by atoms with Crippen LogP contribution in [0.25, 0.3) is 0 Å². The molecule has 18 heavy (non-hydrogen) atoms. The van der Waals surface area contributed by atoms with Gasteiger partial charge in [0, 0.05) is 11.6 Å². The lowest BCUT2D eigenvalue weighted by Crippen LogP contribution is -2.39. The molecule has 0 aliphatic carbocycles. The minimum absolute atomic E-state index is 0.360. The first kappa shape index (κ1) is 15.0. The van der Waals surface area contributed by atoms with E-state index in [0.717, 1.165) is 5.56 Å². The van der Waals surface area contributed by atoms with E-state index in [0.29, 0.717) is 23.9 Å². The van der Waals surface area contributed by atoms with Gasteiger partial charge in [0.05, 0.1) is 0 Å². The summed E-state index contributed by atoms with van der Waals surface area (Å²) in [4.78, 5) is 13.1. The summed E-state index contributed by atoms with van der Waals surface area (Å²) in [6.07, 6.45) is 0.652. The molecule has 0 aromatic heterocycles. The van der Waals surface area contributed by atoms with Gasteiger partial charge in [-0.05, 0) is 37.1 Å². The van der Waals surface area contributed by atoms with Crippen LogP contribution in [0, 0.1) is 5.92 Å². The van der Waals surface area contributed by atoms with Gasteiger partial charge in [0.2, 0.25) is 0 Å². The number of hydrogen-bond donors (Lipinski definition) is 1. The lowest BCUT2D eigenvalue weighted by atomic mass is 10.0. The van der Waals surface area contributed by atoms with Crippen molar-refractivity contribution in [2.45, 2.75) is 32.9 Å². The van der Waals surface area contributed by atoms with Gasteiger partial charge < -0.3 is 5.11 Å².